The second kappa shape index (κ2) is 7.39. The SMILES string of the molecule is CC(C)(C)[C@@H](CO)NC(=O)c1nc(-c2ccc(Cl)cc2)n2c1CNCC2. The highest BCUT2D eigenvalue weighted by Gasteiger charge is 2.30. The molecular weight excluding hydrogens is 352 g/mol. The van der Waals surface area contributed by atoms with Crippen LogP contribution in [0.15, 0.2) is 24.3 Å². The molecule has 1 atom stereocenters. The van der Waals surface area contributed by atoms with E-state index in [0.717, 1.165) is 30.2 Å². The van der Waals surface area contributed by atoms with Gasteiger partial charge in [-0.05, 0) is 29.7 Å². The molecule has 0 radical (unpaired) electrons. The summed E-state index contributed by atoms with van der Waals surface area (Å²) in [5.41, 5.74) is 1.95. The Bertz CT molecular complexity index is 793. The number of fused-ring (bicyclic) bond motifs is 1. The largest absolute Gasteiger partial charge is 0.394 e. The molecule has 1 aromatic heterocycles. The third kappa shape index (κ3) is 3.77. The fourth-order valence-corrected chi connectivity index (χ4v) is 3.19. The Hall–Kier alpha value is -1.89. The molecule has 0 spiro atoms. The lowest BCUT2D eigenvalue weighted by atomic mass is 9.87. The minimum atomic E-state index is -0.345. The number of aliphatic hydroxyl groups is 1. The van der Waals surface area contributed by atoms with Crippen LogP contribution in [0.3, 0.4) is 0 Å². The number of hydrogen-bond acceptors (Lipinski definition) is 4. The summed E-state index contributed by atoms with van der Waals surface area (Å²) in [5.74, 6) is 0.506. The summed E-state index contributed by atoms with van der Waals surface area (Å²) in [6, 6.07) is 7.12. The zero-order valence-corrected chi connectivity index (χ0v) is 16.1. The van der Waals surface area contributed by atoms with Gasteiger partial charge in [0.2, 0.25) is 0 Å². The molecule has 0 saturated heterocycles. The average molecular weight is 377 g/mol. The minimum absolute atomic E-state index is 0.117. The summed E-state index contributed by atoms with van der Waals surface area (Å²) in [5, 5.41) is 16.5. The van der Waals surface area contributed by atoms with Gasteiger partial charge in [-0.25, -0.2) is 4.98 Å². The zero-order valence-electron chi connectivity index (χ0n) is 15.3. The van der Waals surface area contributed by atoms with Gasteiger partial charge in [0.05, 0.1) is 18.3 Å². The number of rotatable bonds is 4. The van der Waals surface area contributed by atoms with E-state index in [1.165, 1.54) is 0 Å². The molecule has 3 rings (SSSR count). The molecule has 1 aliphatic rings. The summed E-state index contributed by atoms with van der Waals surface area (Å²) in [4.78, 5) is 17.5. The molecule has 26 heavy (non-hydrogen) atoms. The number of imidazole rings is 1. The number of carbonyl (C=O) groups is 1. The lowest BCUT2D eigenvalue weighted by molar-refractivity contribution is 0.0842. The quantitative estimate of drug-likeness (QED) is 0.765. The van der Waals surface area contributed by atoms with E-state index in [9.17, 15) is 9.90 Å². The van der Waals surface area contributed by atoms with Crippen LogP contribution in [0.5, 0.6) is 0 Å². The van der Waals surface area contributed by atoms with Crippen LogP contribution < -0.4 is 10.6 Å². The third-order valence-corrected chi connectivity index (χ3v) is 4.98. The second-order valence-electron chi connectivity index (χ2n) is 7.64. The van der Waals surface area contributed by atoms with Crippen LogP contribution in [-0.2, 0) is 13.1 Å². The number of aromatic nitrogens is 2. The molecule has 0 fully saturated rings. The summed E-state index contributed by atoms with van der Waals surface area (Å²) in [6.07, 6.45) is 0. The van der Waals surface area contributed by atoms with Gasteiger partial charge < -0.3 is 20.3 Å². The van der Waals surface area contributed by atoms with E-state index in [4.69, 9.17) is 11.6 Å². The van der Waals surface area contributed by atoms with E-state index >= 15 is 0 Å². The molecule has 2 heterocycles. The number of benzene rings is 1. The Labute approximate surface area is 158 Å². The van der Waals surface area contributed by atoms with Crippen molar-refractivity contribution < 1.29 is 9.90 Å². The Balaban J connectivity index is 1.97. The number of amides is 1. The van der Waals surface area contributed by atoms with Gasteiger partial charge in [0.15, 0.2) is 5.69 Å². The number of hydrogen-bond donors (Lipinski definition) is 3. The second-order valence-corrected chi connectivity index (χ2v) is 8.08. The van der Waals surface area contributed by atoms with Crippen molar-refractivity contribution in [2.45, 2.75) is 39.9 Å². The van der Waals surface area contributed by atoms with E-state index in [0.29, 0.717) is 17.3 Å². The van der Waals surface area contributed by atoms with Crippen molar-refractivity contribution in [3.8, 4) is 11.4 Å². The van der Waals surface area contributed by atoms with E-state index in [1.54, 1.807) is 0 Å². The molecule has 7 heteroatoms. The Kier molecular flexibility index (Phi) is 5.37. The first-order valence-corrected chi connectivity index (χ1v) is 9.17. The summed E-state index contributed by atoms with van der Waals surface area (Å²) >= 11 is 5.99. The number of halogens is 1. The van der Waals surface area contributed by atoms with Crippen molar-refractivity contribution in [1.29, 1.82) is 0 Å². The zero-order chi connectivity index (χ0) is 18.9. The topological polar surface area (TPSA) is 79.2 Å². The molecule has 0 aliphatic carbocycles. The number of aliphatic hydroxyl groups excluding tert-OH is 1. The van der Waals surface area contributed by atoms with Crippen LogP contribution >= 0.6 is 11.6 Å². The van der Waals surface area contributed by atoms with Gasteiger partial charge in [0.25, 0.3) is 5.91 Å². The molecule has 6 nitrogen and oxygen atoms in total. The van der Waals surface area contributed by atoms with Crippen LogP contribution in [0.25, 0.3) is 11.4 Å². The van der Waals surface area contributed by atoms with Gasteiger partial charge in [-0.1, -0.05) is 32.4 Å². The third-order valence-electron chi connectivity index (χ3n) is 4.73. The maximum atomic E-state index is 12.9. The first-order chi connectivity index (χ1) is 12.3. The van der Waals surface area contributed by atoms with Crippen molar-refractivity contribution in [3.63, 3.8) is 0 Å². The maximum Gasteiger partial charge on any atom is 0.272 e. The highest BCUT2D eigenvalue weighted by molar-refractivity contribution is 6.30. The van der Waals surface area contributed by atoms with E-state index < -0.39 is 0 Å². The standard InChI is InChI=1S/C19H25ClN4O2/c1-19(2,3)15(11-25)22-18(26)16-14-10-21-8-9-24(14)17(23-16)12-4-6-13(20)7-5-12/h4-7,15,21,25H,8-11H2,1-3H3,(H,22,26)/t15-/m1/s1. The first-order valence-electron chi connectivity index (χ1n) is 8.79. The van der Waals surface area contributed by atoms with Gasteiger partial charge in [-0.3, -0.25) is 4.79 Å². The minimum Gasteiger partial charge on any atom is -0.394 e. The van der Waals surface area contributed by atoms with Gasteiger partial charge >= 0.3 is 0 Å². The lowest BCUT2D eigenvalue weighted by Gasteiger charge is -2.29. The van der Waals surface area contributed by atoms with Crippen molar-refractivity contribution in [3.05, 3.63) is 40.7 Å². The van der Waals surface area contributed by atoms with Crippen LogP contribution in [0, 0.1) is 5.41 Å². The Morgan fingerprint density at radius 2 is 2.08 bits per heavy atom. The van der Waals surface area contributed by atoms with E-state index in [2.05, 4.69) is 20.2 Å². The van der Waals surface area contributed by atoms with Crippen molar-refractivity contribution in [2.24, 2.45) is 5.41 Å². The van der Waals surface area contributed by atoms with Crippen molar-refractivity contribution >= 4 is 17.5 Å². The lowest BCUT2D eigenvalue weighted by Crippen LogP contribution is -2.46. The van der Waals surface area contributed by atoms with Crippen molar-refractivity contribution in [2.75, 3.05) is 13.2 Å². The normalized spacial score (nSPS) is 15.4. The molecule has 0 bridgehead atoms. The monoisotopic (exact) mass is 376 g/mol. The van der Waals surface area contributed by atoms with Crippen LogP contribution in [0.1, 0.15) is 37.0 Å². The van der Waals surface area contributed by atoms with Crippen LogP contribution in [-0.4, -0.2) is 39.8 Å². The molecule has 140 valence electrons. The molecule has 1 aromatic carbocycles. The van der Waals surface area contributed by atoms with Gasteiger partial charge in [-0.15, -0.1) is 0 Å². The predicted octanol–water partition coefficient (Wildman–Crippen LogP) is 2.44. The summed E-state index contributed by atoms with van der Waals surface area (Å²) in [7, 11) is 0. The fraction of sp³-hybridized carbons (Fsp3) is 0.474. The summed E-state index contributed by atoms with van der Waals surface area (Å²) < 4.78 is 2.08. The number of nitrogens with zero attached hydrogens (tertiary/aromatic N) is 2. The average Bonchev–Trinajstić information content (AvgIpc) is 2.99. The van der Waals surface area contributed by atoms with Crippen LogP contribution in [0.2, 0.25) is 5.02 Å². The molecule has 1 amide bonds. The number of carbonyl (C=O) groups excluding carboxylic acids is 1. The molecular formula is C19H25ClN4O2. The van der Waals surface area contributed by atoms with Gasteiger partial charge in [0.1, 0.15) is 5.82 Å². The number of nitrogens with one attached hydrogen (secondary N) is 2. The molecule has 0 unspecified atom stereocenters. The summed E-state index contributed by atoms with van der Waals surface area (Å²) in [6.45, 7) is 7.99. The van der Waals surface area contributed by atoms with E-state index in [-0.39, 0.29) is 24.0 Å². The first kappa shape index (κ1) is 18.9. The molecule has 0 saturated carbocycles. The molecule has 3 N–H and O–H groups in total. The highest BCUT2D eigenvalue weighted by atomic mass is 35.5. The van der Waals surface area contributed by atoms with Gasteiger partial charge in [-0.2, -0.15) is 0 Å². The molecule has 2 aromatic rings. The molecule has 1 aliphatic heterocycles. The maximum absolute atomic E-state index is 12.9. The Morgan fingerprint density at radius 1 is 1.38 bits per heavy atom. The highest BCUT2D eigenvalue weighted by Crippen LogP contribution is 2.26. The van der Waals surface area contributed by atoms with Gasteiger partial charge in [0, 0.05) is 30.2 Å². The van der Waals surface area contributed by atoms with Crippen LogP contribution in [0.4, 0.5) is 0 Å². The Morgan fingerprint density at radius 3 is 2.69 bits per heavy atom. The van der Waals surface area contributed by atoms with Crippen molar-refractivity contribution in [1.82, 2.24) is 20.2 Å². The van der Waals surface area contributed by atoms with E-state index in [1.807, 2.05) is 45.0 Å². The fourth-order valence-electron chi connectivity index (χ4n) is 3.07. The predicted molar refractivity (Wildman–Crippen MR) is 102 cm³/mol. The smallest absolute Gasteiger partial charge is 0.272 e.